The Kier molecular flexibility index (Phi) is 4.94. The average molecular weight is 479 g/mol. The van der Waals surface area contributed by atoms with Crippen LogP contribution in [0.1, 0.15) is 46.9 Å². The standard InChI is InChI=1S/C24H20F3N7O/c1-32-23(13-6-18(25)21(27)19(26)7-13)17-8-15-3-2-4-20(22(17)31-32)34(15)24(35)14-5-16(10-28-9-14)33-11-29-30-12-33/h5-7,9-12,15,20H,2-4,8H2,1H3/t15-,20+/m1/s1. The van der Waals surface area contributed by atoms with Crippen LogP contribution < -0.4 is 0 Å². The van der Waals surface area contributed by atoms with Crippen LogP contribution in [-0.4, -0.2) is 46.4 Å². The minimum atomic E-state index is -1.50. The Bertz CT molecular complexity index is 1430. The summed E-state index contributed by atoms with van der Waals surface area (Å²) >= 11 is 0. The molecule has 11 heteroatoms. The number of carbonyl (C=O) groups is 1. The predicted octanol–water partition coefficient (Wildman–Crippen LogP) is 3.77. The zero-order chi connectivity index (χ0) is 24.3. The van der Waals surface area contributed by atoms with E-state index in [2.05, 4.69) is 20.3 Å². The zero-order valence-electron chi connectivity index (χ0n) is 18.7. The summed E-state index contributed by atoms with van der Waals surface area (Å²) in [6, 6.07) is 3.35. The summed E-state index contributed by atoms with van der Waals surface area (Å²) in [4.78, 5) is 19.8. The van der Waals surface area contributed by atoms with Gasteiger partial charge in [-0.25, -0.2) is 13.2 Å². The predicted molar refractivity (Wildman–Crippen MR) is 118 cm³/mol. The SMILES string of the molecule is Cn1nc2c(c1-c1cc(F)c(F)c(F)c1)C[C@H]1CCC[C@@H]2N1C(=O)c1cncc(-n2cnnc2)c1. The van der Waals surface area contributed by atoms with E-state index in [1.165, 1.54) is 18.9 Å². The molecule has 0 spiro atoms. The monoisotopic (exact) mass is 479 g/mol. The number of amides is 1. The van der Waals surface area contributed by atoms with Crippen LogP contribution in [-0.2, 0) is 13.5 Å². The molecule has 2 aliphatic heterocycles. The molecule has 2 bridgehead atoms. The minimum absolute atomic E-state index is 0.106. The van der Waals surface area contributed by atoms with Gasteiger partial charge in [0.25, 0.3) is 5.91 Å². The first-order valence-electron chi connectivity index (χ1n) is 11.3. The van der Waals surface area contributed by atoms with E-state index >= 15 is 0 Å². The van der Waals surface area contributed by atoms with Gasteiger partial charge in [-0.1, -0.05) is 0 Å². The third-order valence-corrected chi connectivity index (χ3v) is 6.86. The lowest BCUT2D eigenvalue weighted by molar-refractivity contribution is 0.0391. The van der Waals surface area contributed by atoms with E-state index < -0.39 is 17.5 Å². The van der Waals surface area contributed by atoms with Gasteiger partial charge in [0, 0.05) is 30.4 Å². The number of nitrogens with zero attached hydrogens (tertiary/aromatic N) is 7. The number of fused-ring (bicyclic) bond motifs is 4. The Hall–Kier alpha value is -4.02. The molecule has 1 fully saturated rings. The molecule has 1 amide bonds. The van der Waals surface area contributed by atoms with Crippen molar-refractivity contribution in [2.24, 2.45) is 7.05 Å². The Balaban J connectivity index is 1.40. The molecule has 0 saturated carbocycles. The van der Waals surface area contributed by atoms with Gasteiger partial charge in [-0.2, -0.15) is 5.10 Å². The number of piperidine rings is 1. The highest BCUT2D eigenvalue weighted by atomic mass is 19.2. The summed E-state index contributed by atoms with van der Waals surface area (Å²) < 4.78 is 44.8. The molecule has 0 radical (unpaired) electrons. The van der Waals surface area contributed by atoms with Gasteiger partial charge < -0.3 is 4.90 Å². The maximum Gasteiger partial charge on any atom is 0.256 e. The second kappa shape index (κ2) is 8.03. The third kappa shape index (κ3) is 3.41. The van der Waals surface area contributed by atoms with Gasteiger partial charge in [0.05, 0.1) is 34.9 Å². The van der Waals surface area contributed by atoms with E-state index in [-0.39, 0.29) is 23.6 Å². The topological polar surface area (TPSA) is 81.7 Å². The van der Waals surface area contributed by atoms with Crippen LogP contribution in [0.5, 0.6) is 0 Å². The lowest BCUT2D eigenvalue weighted by Gasteiger charge is -2.45. The second-order valence-corrected chi connectivity index (χ2v) is 8.91. The lowest BCUT2D eigenvalue weighted by Crippen LogP contribution is -2.49. The molecule has 2 aliphatic rings. The summed E-state index contributed by atoms with van der Waals surface area (Å²) in [7, 11) is 1.69. The Morgan fingerprint density at radius 2 is 1.77 bits per heavy atom. The fraction of sp³-hybridized carbons (Fsp3) is 0.292. The average Bonchev–Trinajstić information content (AvgIpc) is 3.50. The highest BCUT2D eigenvalue weighted by molar-refractivity contribution is 5.95. The molecule has 2 atom stereocenters. The van der Waals surface area contributed by atoms with E-state index in [9.17, 15) is 18.0 Å². The number of halogens is 3. The number of carbonyl (C=O) groups excluding carboxylic acids is 1. The Labute approximate surface area is 198 Å². The van der Waals surface area contributed by atoms with Gasteiger partial charge >= 0.3 is 0 Å². The highest BCUT2D eigenvalue weighted by Crippen LogP contribution is 2.45. The van der Waals surface area contributed by atoms with Crippen molar-refractivity contribution < 1.29 is 18.0 Å². The molecule has 6 rings (SSSR count). The molecule has 5 heterocycles. The van der Waals surface area contributed by atoms with Crippen LogP contribution in [0.25, 0.3) is 16.9 Å². The van der Waals surface area contributed by atoms with Gasteiger partial charge in [0.15, 0.2) is 17.5 Å². The number of hydrogen-bond donors (Lipinski definition) is 0. The first-order valence-corrected chi connectivity index (χ1v) is 11.3. The number of aryl methyl sites for hydroxylation is 1. The molecular formula is C24H20F3N7O. The van der Waals surface area contributed by atoms with E-state index in [0.29, 0.717) is 29.1 Å². The summed E-state index contributed by atoms with van der Waals surface area (Å²) in [5.74, 6) is -4.15. The number of rotatable bonds is 3. The lowest BCUT2D eigenvalue weighted by atomic mass is 9.81. The summed E-state index contributed by atoms with van der Waals surface area (Å²) in [6.07, 6.45) is 9.16. The van der Waals surface area contributed by atoms with Crippen molar-refractivity contribution in [1.29, 1.82) is 0 Å². The second-order valence-electron chi connectivity index (χ2n) is 8.91. The maximum absolute atomic E-state index is 14.0. The third-order valence-electron chi connectivity index (χ3n) is 6.86. The fourth-order valence-corrected chi connectivity index (χ4v) is 5.37. The number of benzene rings is 1. The first kappa shape index (κ1) is 21.5. The Morgan fingerprint density at radius 1 is 1.03 bits per heavy atom. The highest BCUT2D eigenvalue weighted by Gasteiger charge is 2.43. The zero-order valence-corrected chi connectivity index (χ0v) is 18.7. The van der Waals surface area contributed by atoms with Crippen molar-refractivity contribution in [2.45, 2.75) is 37.8 Å². The van der Waals surface area contributed by atoms with Crippen molar-refractivity contribution >= 4 is 5.91 Å². The maximum atomic E-state index is 14.0. The van der Waals surface area contributed by atoms with Gasteiger partial charge in [-0.15, -0.1) is 10.2 Å². The number of hydrogen-bond acceptors (Lipinski definition) is 5. The van der Waals surface area contributed by atoms with Crippen molar-refractivity contribution in [3.63, 3.8) is 0 Å². The smallest absolute Gasteiger partial charge is 0.256 e. The number of pyridine rings is 1. The van der Waals surface area contributed by atoms with Crippen LogP contribution in [0.4, 0.5) is 13.2 Å². The van der Waals surface area contributed by atoms with Crippen LogP contribution >= 0.6 is 0 Å². The number of aromatic nitrogens is 6. The summed E-state index contributed by atoms with van der Waals surface area (Å²) in [5, 5.41) is 12.3. The van der Waals surface area contributed by atoms with Crippen LogP contribution in [0.15, 0.2) is 43.2 Å². The molecule has 0 N–H and O–H groups in total. The van der Waals surface area contributed by atoms with Gasteiger partial charge in [0.1, 0.15) is 12.7 Å². The van der Waals surface area contributed by atoms with Gasteiger partial charge in [-0.05, 0) is 43.9 Å². The molecule has 0 unspecified atom stereocenters. The van der Waals surface area contributed by atoms with Crippen molar-refractivity contribution in [1.82, 2.24) is 34.4 Å². The Morgan fingerprint density at radius 3 is 2.51 bits per heavy atom. The summed E-state index contributed by atoms with van der Waals surface area (Å²) in [5.41, 5.74) is 3.42. The van der Waals surface area contributed by atoms with Gasteiger partial charge in [-0.3, -0.25) is 19.0 Å². The summed E-state index contributed by atoms with van der Waals surface area (Å²) in [6.45, 7) is 0. The van der Waals surface area contributed by atoms with E-state index in [1.807, 2.05) is 4.90 Å². The van der Waals surface area contributed by atoms with E-state index in [4.69, 9.17) is 0 Å². The van der Waals surface area contributed by atoms with Crippen molar-refractivity contribution in [3.05, 3.63) is 77.5 Å². The molecular weight excluding hydrogens is 459 g/mol. The molecule has 178 valence electrons. The first-order chi connectivity index (χ1) is 16.9. The molecule has 1 aromatic carbocycles. The van der Waals surface area contributed by atoms with E-state index in [1.54, 1.807) is 28.6 Å². The largest absolute Gasteiger partial charge is 0.327 e. The van der Waals surface area contributed by atoms with Crippen molar-refractivity contribution in [2.75, 3.05) is 0 Å². The molecule has 1 saturated heterocycles. The van der Waals surface area contributed by atoms with Gasteiger partial charge in [0.2, 0.25) is 0 Å². The molecule has 35 heavy (non-hydrogen) atoms. The van der Waals surface area contributed by atoms with Crippen LogP contribution in [0.2, 0.25) is 0 Å². The molecule has 8 nitrogen and oxygen atoms in total. The van der Waals surface area contributed by atoms with Crippen LogP contribution in [0, 0.1) is 17.5 Å². The quantitative estimate of drug-likeness (QED) is 0.418. The molecule has 4 aromatic rings. The minimum Gasteiger partial charge on any atom is -0.327 e. The van der Waals surface area contributed by atoms with E-state index in [0.717, 1.165) is 37.0 Å². The molecule has 0 aliphatic carbocycles. The van der Waals surface area contributed by atoms with Crippen molar-refractivity contribution in [3.8, 4) is 16.9 Å². The molecule has 3 aromatic heterocycles. The normalized spacial score (nSPS) is 19.0. The van der Waals surface area contributed by atoms with Crippen LogP contribution in [0.3, 0.4) is 0 Å². The fourth-order valence-electron chi connectivity index (χ4n) is 5.37.